The fraction of sp³-hybridized carbons (Fsp3) is 0.333. The van der Waals surface area contributed by atoms with E-state index in [1.54, 1.807) is 46.0 Å². The number of rotatable bonds is 4. The first-order valence-corrected chi connectivity index (χ1v) is 10.2. The lowest BCUT2D eigenvalue weighted by Crippen LogP contribution is -2.33. The van der Waals surface area contributed by atoms with Gasteiger partial charge >= 0.3 is 6.09 Å². The molecule has 0 aliphatic rings. The Morgan fingerprint density at radius 3 is 2.56 bits per heavy atom. The Hall–Kier alpha value is -2.31. The lowest BCUT2D eigenvalue weighted by molar-refractivity contribution is 0.0285. The number of ether oxygens (including phenoxy) is 1. The van der Waals surface area contributed by atoms with Crippen LogP contribution in [0.3, 0.4) is 0 Å². The van der Waals surface area contributed by atoms with Gasteiger partial charge in [-0.05, 0) is 60.5 Å². The second kappa shape index (κ2) is 7.74. The maximum Gasteiger partial charge on any atom is 0.410 e. The van der Waals surface area contributed by atoms with E-state index >= 15 is 0 Å². The van der Waals surface area contributed by atoms with Crippen LogP contribution in [0.1, 0.15) is 31.9 Å². The third-order valence-corrected chi connectivity index (χ3v) is 6.04. The average molecular weight is 454 g/mol. The largest absolute Gasteiger partial charge is 0.444 e. The molecule has 0 aliphatic carbocycles. The summed E-state index contributed by atoms with van der Waals surface area (Å²) < 4.78 is 32.5. The summed E-state index contributed by atoms with van der Waals surface area (Å²) in [5.41, 5.74) is 0.0288. The summed E-state index contributed by atoms with van der Waals surface area (Å²) in [6.45, 7) is 5.47. The molecule has 27 heavy (non-hydrogen) atoms. The minimum Gasteiger partial charge on any atom is -0.444 e. The minimum absolute atomic E-state index is 0.0607. The molecule has 0 radical (unpaired) electrons. The number of amides is 1. The van der Waals surface area contributed by atoms with Crippen molar-refractivity contribution < 1.29 is 17.9 Å². The van der Waals surface area contributed by atoms with Crippen LogP contribution in [0.4, 0.5) is 4.79 Å². The van der Waals surface area contributed by atoms with Gasteiger partial charge in [-0.25, -0.2) is 17.2 Å². The number of hydrogen-bond acceptors (Lipinski definition) is 5. The van der Waals surface area contributed by atoms with Gasteiger partial charge < -0.3 is 9.64 Å². The standard InChI is InChI=1S/C18H20BrN3O4S/c1-18(2,3)26-17(23)21(4)11-13-9-16(19)22(12-13)27(24,25)15-8-6-5-7-14(15)10-20/h5-9,12H,11H2,1-4H3. The van der Waals surface area contributed by atoms with Crippen LogP contribution in [0.15, 0.2) is 46.0 Å². The van der Waals surface area contributed by atoms with Crippen molar-refractivity contribution in [2.24, 2.45) is 0 Å². The number of benzene rings is 1. The second-order valence-corrected chi connectivity index (χ2v) is 9.51. The van der Waals surface area contributed by atoms with Gasteiger partial charge in [0, 0.05) is 13.2 Å². The first kappa shape index (κ1) is 21.0. The van der Waals surface area contributed by atoms with Gasteiger partial charge in [-0.1, -0.05) is 12.1 Å². The molecule has 1 aromatic carbocycles. The molecule has 1 heterocycles. The van der Waals surface area contributed by atoms with E-state index in [4.69, 9.17) is 4.74 Å². The molecule has 1 aromatic heterocycles. The maximum atomic E-state index is 12.9. The normalized spacial score (nSPS) is 11.7. The average Bonchev–Trinajstić information content (AvgIpc) is 2.94. The highest BCUT2D eigenvalue weighted by molar-refractivity contribution is 9.10. The highest BCUT2D eigenvalue weighted by atomic mass is 79.9. The highest BCUT2D eigenvalue weighted by Crippen LogP contribution is 2.25. The summed E-state index contributed by atoms with van der Waals surface area (Å²) in [6, 6.07) is 9.48. The van der Waals surface area contributed by atoms with Crippen LogP contribution in [0.5, 0.6) is 0 Å². The van der Waals surface area contributed by atoms with E-state index in [0.29, 0.717) is 10.2 Å². The number of carbonyl (C=O) groups is 1. The van der Waals surface area contributed by atoms with Gasteiger partial charge in [0.05, 0.1) is 12.1 Å². The number of nitriles is 1. The van der Waals surface area contributed by atoms with Gasteiger partial charge in [0.1, 0.15) is 21.2 Å². The molecule has 1 amide bonds. The van der Waals surface area contributed by atoms with E-state index in [1.807, 2.05) is 6.07 Å². The molecule has 0 bridgehead atoms. The summed E-state index contributed by atoms with van der Waals surface area (Å²) in [4.78, 5) is 13.4. The number of halogens is 1. The van der Waals surface area contributed by atoms with Crippen molar-refractivity contribution in [1.82, 2.24) is 8.87 Å². The first-order valence-electron chi connectivity index (χ1n) is 8.01. The predicted molar refractivity (Wildman–Crippen MR) is 104 cm³/mol. The van der Waals surface area contributed by atoms with Crippen molar-refractivity contribution in [1.29, 1.82) is 5.26 Å². The van der Waals surface area contributed by atoms with Crippen molar-refractivity contribution in [2.45, 2.75) is 37.8 Å². The van der Waals surface area contributed by atoms with Crippen molar-refractivity contribution >= 4 is 32.0 Å². The Bertz CT molecular complexity index is 1000. The topological polar surface area (TPSA) is 92.4 Å². The molecule has 7 nitrogen and oxygen atoms in total. The van der Waals surface area contributed by atoms with Gasteiger partial charge in [0.25, 0.3) is 10.0 Å². The van der Waals surface area contributed by atoms with Crippen LogP contribution in [-0.4, -0.2) is 36.0 Å². The smallest absolute Gasteiger partial charge is 0.410 e. The number of hydrogen-bond donors (Lipinski definition) is 0. The summed E-state index contributed by atoms with van der Waals surface area (Å²) in [5.74, 6) is 0. The van der Waals surface area contributed by atoms with Crippen LogP contribution >= 0.6 is 15.9 Å². The van der Waals surface area contributed by atoms with E-state index in [1.165, 1.54) is 23.2 Å². The number of carbonyl (C=O) groups excluding carboxylic acids is 1. The van der Waals surface area contributed by atoms with E-state index in [-0.39, 0.29) is 17.0 Å². The molecule has 144 valence electrons. The van der Waals surface area contributed by atoms with Crippen molar-refractivity contribution in [3.63, 3.8) is 0 Å². The lowest BCUT2D eigenvalue weighted by atomic mass is 10.2. The van der Waals surface area contributed by atoms with Gasteiger partial charge in [0.2, 0.25) is 0 Å². The summed E-state index contributed by atoms with van der Waals surface area (Å²) in [7, 11) is -2.40. The molecule has 0 unspecified atom stereocenters. The SMILES string of the molecule is CN(Cc1cc(Br)n(S(=O)(=O)c2ccccc2C#N)c1)C(=O)OC(C)(C)C. The molecule has 0 saturated carbocycles. The number of aromatic nitrogens is 1. The predicted octanol–water partition coefficient (Wildman–Crippen LogP) is 3.73. The van der Waals surface area contributed by atoms with Crippen molar-refractivity contribution in [3.8, 4) is 6.07 Å². The zero-order valence-electron chi connectivity index (χ0n) is 15.4. The molecule has 0 saturated heterocycles. The molecule has 0 N–H and O–H groups in total. The molecule has 9 heteroatoms. The fourth-order valence-electron chi connectivity index (χ4n) is 2.30. The first-order chi connectivity index (χ1) is 12.5. The van der Waals surface area contributed by atoms with Crippen LogP contribution in [0.2, 0.25) is 0 Å². The molecule has 0 atom stereocenters. The quantitative estimate of drug-likeness (QED) is 0.702. The lowest BCUT2D eigenvalue weighted by Gasteiger charge is -2.24. The van der Waals surface area contributed by atoms with Gasteiger partial charge in [-0.3, -0.25) is 0 Å². The Morgan fingerprint density at radius 2 is 1.96 bits per heavy atom. The zero-order valence-corrected chi connectivity index (χ0v) is 17.8. The molecule has 2 rings (SSSR count). The van der Waals surface area contributed by atoms with E-state index in [2.05, 4.69) is 15.9 Å². The summed E-state index contributed by atoms with van der Waals surface area (Å²) >= 11 is 3.24. The van der Waals surface area contributed by atoms with Crippen molar-refractivity contribution in [3.05, 3.63) is 52.3 Å². The minimum atomic E-state index is -3.96. The van der Waals surface area contributed by atoms with E-state index < -0.39 is 21.7 Å². The number of nitrogens with zero attached hydrogens (tertiary/aromatic N) is 3. The van der Waals surface area contributed by atoms with Gasteiger partial charge in [0.15, 0.2) is 0 Å². The Kier molecular flexibility index (Phi) is 6.02. The molecule has 0 aliphatic heterocycles. The fourth-order valence-corrected chi connectivity index (χ4v) is 4.68. The summed E-state index contributed by atoms with van der Waals surface area (Å²) in [5, 5.41) is 9.18. The third kappa shape index (κ3) is 4.90. The van der Waals surface area contributed by atoms with E-state index in [0.717, 1.165) is 3.97 Å². The Labute approximate surface area is 167 Å². The highest BCUT2D eigenvalue weighted by Gasteiger charge is 2.24. The summed E-state index contributed by atoms with van der Waals surface area (Å²) in [6.07, 6.45) is 0.901. The van der Waals surface area contributed by atoms with Crippen LogP contribution in [0.25, 0.3) is 0 Å². The Morgan fingerprint density at radius 1 is 1.33 bits per heavy atom. The van der Waals surface area contributed by atoms with Crippen LogP contribution in [-0.2, 0) is 21.3 Å². The third-order valence-electron chi connectivity index (χ3n) is 3.47. The molecular formula is C18H20BrN3O4S. The maximum absolute atomic E-state index is 12.9. The second-order valence-electron chi connectivity index (χ2n) is 6.92. The molecular weight excluding hydrogens is 434 g/mol. The molecule has 0 fully saturated rings. The monoisotopic (exact) mass is 453 g/mol. The molecule has 0 spiro atoms. The van der Waals surface area contributed by atoms with E-state index in [9.17, 15) is 18.5 Å². The zero-order chi connectivity index (χ0) is 20.4. The van der Waals surface area contributed by atoms with Crippen LogP contribution < -0.4 is 0 Å². The van der Waals surface area contributed by atoms with Gasteiger partial charge in [-0.2, -0.15) is 5.26 Å². The van der Waals surface area contributed by atoms with Crippen molar-refractivity contribution in [2.75, 3.05) is 7.05 Å². The van der Waals surface area contributed by atoms with Gasteiger partial charge in [-0.15, -0.1) is 0 Å². The Balaban J connectivity index is 2.31. The molecule has 2 aromatic rings. The van der Waals surface area contributed by atoms with Crippen LogP contribution in [0, 0.1) is 11.3 Å².